The number of aliphatic hydroxyl groups is 2. The quantitative estimate of drug-likeness (QED) is 0.723. The summed E-state index contributed by atoms with van der Waals surface area (Å²) in [6.07, 6.45) is 8.23. The van der Waals surface area contributed by atoms with Gasteiger partial charge in [-0.05, 0) is 56.6 Å². The van der Waals surface area contributed by atoms with Crippen LogP contribution in [0, 0.1) is 28.6 Å². The van der Waals surface area contributed by atoms with Crippen molar-refractivity contribution in [2.24, 2.45) is 33.6 Å². The predicted octanol–water partition coefficient (Wildman–Crippen LogP) is 2.44. The highest BCUT2D eigenvalue weighted by atomic mass is 16.7. The molecule has 0 bridgehead atoms. The molecule has 4 fully saturated rings. The smallest absolute Gasteiger partial charge is 0.193 e. The van der Waals surface area contributed by atoms with Gasteiger partial charge in [0.1, 0.15) is 6.61 Å². The molecule has 1 saturated heterocycles. The molecular weight excluding hydrogens is 382 g/mol. The highest BCUT2D eigenvalue weighted by Gasteiger charge is 2.75. The van der Waals surface area contributed by atoms with Crippen LogP contribution < -0.4 is 0 Å². The molecule has 9 atom stereocenters. The number of allylic oxidation sites excluding steroid dienone is 4. The van der Waals surface area contributed by atoms with Crippen molar-refractivity contribution >= 4 is 11.5 Å². The lowest BCUT2D eigenvalue weighted by molar-refractivity contribution is -0.196. The SMILES string of the molecule is C/N=C1\C=C[C@@]2(C)C(=C1)CC[C@@H]1[C@@H]2[C@@H](O)C[C@@]2(C)[C@H]1C[C@H]1OC(C)O[C@]12C(=O)CO. The van der Waals surface area contributed by atoms with E-state index in [1.165, 1.54) is 5.57 Å². The Kier molecular flexibility index (Phi) is 4.51. The first kappa shape index (κ1) is 20.6. The van der Waals surface area contributed by atoms with E-state index in [0.717, 1.165) is 25.0 Å². The Labute approximate surface area is 178 Å². The first-order chi connectivity index (χ1) is 14.2. The number of aliphatic hydroxyl groups excluding tert-OH is 2. The molecule has 2 N–H and O–H groups in total. The molecule has 0 radical (unpaired) electrons. The summed E-state index contributed by atoms with van der Waals surface area (Å²) in [6, 6.07) is 0. The Morgan fingerprint density at radius 1 is 1.37 bits per heavy atom. The van der Waals surface area contributed by atoms with Gasteiger partial charge in [-0.3, -0.25) is 9.79 Å². The molecule has 5 rings (SSSR count). The number of carbonyl (C=O) groups is 1. The molecule has 3 saturated carbocycles. The Bertz CT molecular complexity index is 864. The molecule has 30 heavy (non-hydrogen) atoms. The van der Waals surface area contributed by atoms with Gasteiger partial charge in [-0.25, -0.2) is 0 Å². The van der Waals surface area contributed by atoms with E-state index in [-0.39, 0.29) is 35.1 Å². The van der Waals surface area contributed by atoms with Crippen LogP contribution in [0.25, 0.3) is 0 Å². The maximum Gasteiger partial charge on any atom is 0.193 e. The zero-order chi connectivity index (χ0) is 21.5. The number of ketones is 1. The van der Waals surface area contributed by atoms with Gasteiger partial charge in [0, 0.05) is 23.8 Å². The van der Waals surface area contributed by atoms with Crippen LogP contribution in [-0.2, 0) is 14.3 Å². The molecule has 1 unspecified atom stereocenters. The van der Waals surface area contributed by atoms with Crippen LogP contribution in [0.3, 0.4) is 0 Å². The summed E-state index contributed by atoms with van der Waals surface area (Å²) in [5.74, 6) is 0.244. The predicted molar refractivity (Wildman–Crippen MR) is 112 cm³/mol. The number of ether oxygens (including phenoxy) is 2. The summed E-state index contributed by atoms with van der Waals surface area (Å²) < 4.78 is 12.3. The van der Waals surface area contributed by atoms with Gasteiger partial charge in [-0.15, -0.1) is 0 Å². The van der Waals surface area contributed by atoms with Crippen molar-refractivity contribution in [1.29, 1.82) is 0 Å². The molecule has 6 heteroatoms. The lowest BCUT2D eigenvalue weighted by atomic mass is 9.46. The van der Waals surface area contributed by atoms with E-state index in [9.17, 15) is 15.0 Å². The first-order valence-electron chi connectivity index (χ1n) is 11.2. The number of carbonyl (C=O) groups excluding carboxylic acids is 1. The Morgan fingerprint density at radius 3 is 2.83 bits per heavy atom. The maximum atomic E-state index is 13.1. The topological polar surface area (TPSA) is 88.4 Å². The highest BCUT2D eigenvalue weighted by Crippen LogP contribution is 2.69. The molecule has 6 nitrogen and oxygen atoms in total. The summed E-state index contributed by atoms with van der Waals surface area (Å²) in [7, 11) is 1.81. The van der Waals surface area contributed by atoms with Gasteiger partial charge < -0.3 is 19.7 Å². The molecule has 5 aliphatic rings. The fraction of sp³-hybridized carbons (Fsp3) is 0.750. The lowest BCUT2D eigenvalue weighted by Crippen LogP contribution is -2.63. The van der Waals surface area contributed by atoms with E-state index in [4.69, 9.17) is 9.47 Å². The summed E-state index contributed by atoms with van der Waals surface area (Å²) >= 11 is 0. The number of nitrogens with zero attached hydrogens (tertiary/aromatic N) is 1. The molecule has 4 aliphatic carbocycles. The average molecular weight is 416 g/mol. The van der Waals surface area contributed by atoms with E-state index in [1.807, 2.05) is 14.0 Å². The minimum atomic E-state index is -1.17. The van der Waals surface area contributed by atoms with Gasteiger partial charge >= 0.3 is 0 Å². The van der Waals surface area contributed by atoms with Crippen molar-refractivity contribution < 1.29 is 24.5 Å². The zero-order valence-corrected chi connectivity index (χ0v) is 18.3. The number of aliphatic imine (C=N–C) groups is 1. The van der Waals surface area contributed by atoms with Crippen LogP contribution in [0.5, 0.6) is 0 Å². The summed E-state index contributed by atoms with van der Waals surface area (Å²) in [6.45, 7) is 5.57. The third kappa shape index (κ3) is 2.34. The summed E-state index contributed by atoms with van der Waals surface area (Å²) in [5, 5.41) is 21.3. The fourth-order valence-corrected chi connectivity index (χ4v) is 8.01. The molecule has 0 aromatic carbocycles. The van der Waals surface area contributed by atoms with Crippen molar-refractivity contribution in [2.45, 2.75) is 70.6 Å². The maximum absolute atomic E-state index is 13.1. The molecule has 0 aromatic heterocycles. The number of hydrogen-bond acceptors (Lipinski definition) is 6. The summed E-state index contributed by atoms with van der Waals surface area (Å²) in [4.78, 5) is 17.4. The minimum Gasteiger partial charge on any atom is -0.393 e. The van der Waals surface area contributed by atoms with Gasteiger partial charge in [0.2, 0.25) is 0 Å². The van der Waals surface area contributed by atoms with E-state index in [1.54, 1.807) is 0 Å². The van der Waals surface area contributed by atoms with Crippen molar-refractivity contribution in [3.05, 3.63) is 23.8 Å². The zero-order valence-electron chi connectivity index (χ0n) is 18.3. The molecule has 0 amide bonds. The largest absolute Gasteiger partial charge is 0.393 e. The first-order valence-corrected chi connectivity index (χ1v) is 11.2. The highest BCUT2D eigenvalue weighted by molar-refractivity contribution is 6.05. The van der Waals surface area contributed by atoms with E-state index in [2.05, 4.69) is 37.1 Å². The number of rotatable bonds is 2. The van der Waals surface area contributed by atoms with E-state index >= 15 is 0 Å². The minimum absolute atomic E-state index is 0.0859. The standard InChI is InChI=1S/C24H33NO5/c1-13-29-20-10-17-16-6-5-14-9-15(25-4)7-8-22(14,2)21(16)18(27)11-23(17,3)24(20,30-13)19(28)12-26/h7-9,13,16-18,20-21,26-27H,5-6,10-12H2,1-4H3/b25-15+/t13?,16-,17-,18-,20+,21+,22-,23-,24+/m0/s1. The van der Waals surface area contributed by atoms with Gasteiger partial charge in [0.15, 0.2) is 17.7 Å². The Balaban J connectivity index is 1.57. The third-order valence-electron chi connectivity index (χ3n) is 9.19. The molecule has 0 aromatic rings. The number of Topliss-reactive ketones (excluding diaryl/α,β-unsaturated/α-hetero) is 1. The van der Waals surface area contributed by atoms with Crippen molar-refractivity contribution in [2.75, 3.05) is 13.7 Å². The molecule has 164 valence electrons. The van der Waals surface area contributed by atoms with Crippen LogP contribution in [0.1, 0.15) is 46.5 Å². The van der Waals surface area contributed by atoms with Gasteiger partial charge in [0.25, 0.3) is 0 Å². The molecule has 1 aliphatic heterocycles. The summed E-state index contributed by atoms with van der Waals surface area (Å²) in [5.41, 5.74) is 0.386. The Morgan fingerprint density at radius 2 is 2.13 bits per heavy atom. The molecule has 1 heterocycles. The second-order valence-electron chi connectivity index (χ2n) is 10.3. The van der Waals surface area contributed by atoms with Crippen LogP contribution in [0.15, 0.2) is 28.8 Å². The van der Waals surface area contributed by atoms with Crippen molar-refractivity contribution in [1.82, 2.24) is 0 Å². The third-order valence-corrected chi connectivity index (χ3v) is 9.19. The second-order valence-corrected chi connectivity index (χ2v) is 10.3. The van der Waals surface area contributed by atoms with Crippen LogP contribution in [0.4, 0.5) is 0 Å². The lowest BCUT2D eigenvalue weighted by Gasteiger charge is -2.59. The van der Waals surface area contributed by atoms with Gasteiger partial charge in [0.05, 0.1) is 17.9 Å². The van der Waals surface area contributed by atoms with Crippen molar-refractivity contribution in [3.8, 4) is 0 Å². The number of fused-ring (bicyclic) bond motifs is 7. The van der Waals surface area contributed by atoms with Crippen molar-refractivity contribution in [3.63, 3.8) is 0 Å². The Hall–Kier alpha value is -1.34. The molecule has 0 spiro atoms. The fourth-order valence-electron chi connectivity index (χ4n) is 8.01. The monoisotopic (exact) mass is 415 g/mol. The van der Waals surface area contributed by atoms with Crippen LogP contribution in [-0.4, -0.2) is 59.5 Å². The van der Waals surface area contributed by atoms with Gasteiger partial charge in [-0.1, -0.05) is 25.5 Å². The second kappa shape index (κ2) is 6.58. The molecular formula is C24H33NO5. The number of hydrogen-bond donors (Lipinski definition) is 2. The van der Waals surface area contributed by atoms with Crippen LogP contribution >= 0.6 is 0 Å². The normalized spacial score (nSPS) is 53.0. The van der Waals surface area contributed by atoms with E-state index in [0.29, 0.717) is 6.42 Å². The van der Waals surface area contributed by atoms with Crippen LogP contribution in [0.2, 0.25) is 0 Å². The van der Waals surface area contributed by atoms with Gasteiger partial charge in [-0.2, -0.15) is 0 Å². The van der Waals surface area contributed by atoms with E-state index < -0.39 is 30.0 Å². The average Bonchev–Trinajstić information content (AvgIpc) is 3.17.